The first-order valence-corrected chi connectivity index (χ1v) is 12.0. The number of aryl methyl sites for hydroxylation is 2. The SMILES string of the molecule is CC(C)n1c(Nc2cccc(COc3ccccc3)c2)nc2sc3c(c2c1=O)CCCC3. The number of aromatic nitrogens is 2. The number of benzene rings is 2. The van der Waals surface area contributed by atoms with Crippen LogP contribution in [0.15, 0.2) is 59.4 Å². The summed E-state index contributed by atoms with van der Waals surface area (Å²) in [6.07, 6.45) is 4.39. The summed E-state index contributed by atoms with van der Waals surface area (Å²) in [5.74, 6) is 1.44. The van der Waals surface area contributed by atoms with Crippen LogP contribution in [-0.4, -0.2) is 9.55 Å². The number of anilines is 2. The van der Waals surface area contributed by atoms with Gasteiger partial charge in [-0.3, -0.25) is 9.36 Å². The topological polar surface area (TPSA) is 56.1 Å². The third-order valence-electron chi connectivity index (χ3n) is 5.87. The molecule has 0 spiro atoms. The molecule has 1 N–H and O–H groups in total. The number of fused-ring (bicyclic) bond motifs is 3. The van der Waals surface area contributed by atoms with Gasteiger partial charge in [-0.15, -0.1) is 11.3 Å². The summed E-state index contributed by atoms with van der Waals surface area (Å²) < 4.78 is 7.67. The van der Waals surface area contributed by atoms with E-state index in [0.29, 0.717) is 12.6 Å². The molecule has 0 amide bonds. The summed E-state index contributed by atoms with van der Waals surface area (Å²) in [6.45, 7) is 4.53. The summed E-state index contributed by atoms with van der Waals surface area (Å²) in [5.41, 5.74) is 3.23. The maximum atomic E-state index is 13.5. The minimum atomic E-state index is 0.00522. The van der Waals surface area contributed by atoms with Gasteiger partial charge in [-0.1, -0.05) is 30.3 Å². The van der Waals surface area contributed by atoms with Crippen LogP contribution in [0.3, 0.4) is 0 Å². The standard InChI is InChI=1S/C26H27N3O2S/c1-17(2)29-25(30)23-21-13-6-7-14-22(21)32-24(23)28-26(29)27-19-10-8-9-18(15-19)16-31-20-11-4-3-5-12-20/h3-5,8-12,15,17H,6-7,13-14,16H2,1-2H3,(H,27,28). The van der Waals surface area contributed by atoms with Gasteiger partial charge in [0.25, 0.3) is 5.56 Å². The highest BCUT2D eigenvalue weighted by atomic mass is 32.1. The molecule has 2 aromatic heterocycles. The Bertz CT molecular complexity index is 1310. The minimum Gasteiger partial charge on any atom is -0.489 e. The van der Waals surface area contributed by atoms with Crippen molar-refractivity contribution in [2.45, 2.75) is 52.2 Å². The summed E-state index contributed by atoms with van der Waals surface area (Å²) >= 11 is 1.68. The molecule has 1 aliphatic carbocycles. The second kappa shape index (κ2) is 8.79. The van der Waals surface area contributed by atoms with Crippen LogP contribution in [0.25, 0.3) is 10.2 Å². The predicted octanol–water partition coefficient (Wildman–Crippen LogP) is 6.24. The predicted molar refractivity (Wildman–Crippen MR) is 131 cm³/mol. The quantitative estimate of drug-likeness (QED) is 0.382. The number of nitrogens with zero attached hydrogens (tertiary/aromatic N) is 2. The number of thiophene rings is 1. The van der Waals surface area contributed by atoms with E-state index in [4.69, 9.17) is 9.72 Å². The van der Waals surface area contributed by atoms with E-state index < -0.39 is 0 Å². The highest BCUT2D eigenvalue weighted by Gasteiger charge is 2.23. The first-order chi connectivity index (χ1) is 15.6. The maximum absolute atomic E-state index is 13.5. The van der Waals surface area contributed by atoms with Crippen LogP contribution in [-0.2, 0) is 19.4 Å². The molecule has 0 atom stereocenters. The minimum absolute atomic E-state index is 0.00522. The molecule has 0 bridgehead atoms. The van der Waals surface area contributed by atoms with Gasteiger partial charge in [0.2, 0.25) is 5.95 Å². The van der Waals surface area contributed by atoms with Crippen LogP contribution in [0.1, 0.15) is 48.7 Å². The van der Waals surface area contributed by atoms with Gasteiger partial charge in [0.15, 0.2) is 0 Å². The Morgan fingerprint density at radius 3 is 2.72 bits per heavy atom. The van der Waals surface area contributed by atoms with Gasteiger partial charge in [0, 0.05) is 16.6 Å². The third kappa shape index (κ3) is 4.02. The fourth-order valence-corrected chi connectivity index (χ4v) is 5.59. The van der Waals surface area contributed by atoms with Crippen molar-refractivity contribution in [3.8, 4) is 5.75 Å². The van der Waals surface area contributed by atoms with Gasteiger partial charge in [0.05, 0.1) is 5.39 Å². The van der Waals surface area contributed by atoms with Crippen molar-refractivity contribution < 1.29 is 4.74 Å². The summed E-state index contributed by atoms with van der Waals surface area (Å²) in [5, 5.41) is 4.24. The fourth-order valence-electron chi connectivity index (χ4n) is 4.34. The lowest BCUT2D eigenvalue weighted by Gasteiger charge is -2.18. The van der Waals surface area contributed by atoms with Crippen LogP contribution in [0.5, 0.6) is 5.75 Å². The van der Waals surface area contributed by atoms with Gasteiger partial charge < -0.3 is 10.1 Å². The van der Waals surface area contributed by atoms with Crippen LogP contribution >= 0.6 is 11.3 Å². The number of para-hydroxylation sites is 1. The van der Waals surface area contributed by atoms with E-state index in [0.717, 1.165) is 46.5 Å². The Kier molecular flexibility index (Phi) is 5.70. The average Bonchev–Trinajstić information content (AvgIpc) is 3.17. The lowest BCUT2D eigenvalue weighted by molar-refractivity contribution is 0.306. The largest absolute Gasteiger partial charge is 0.489 e. The molecule has 5 nitrogen and oxygen atoms in total. The second-order valence-electron chi connectivity index (χ2n) is 8.52. The van der Waals surface area contributed by atoms with Crippen molar-refractivity contribution in [2.75, 3.05) is 5.32 Å². The lowest BCUT2D eigenvalue weighted by Crippen LogP contribution is -2.26. The molecule has 0 aliphatic heterocycles. The zero-order valence-corrected chi connectivity index (χ0v) is 19.2. The highest BCUT2D eigenvalue weighted by Crippen LogP contribution is 2.35. The lowest BCUT2D eigenvalue weighted by atomic mass is 9.97. The van der Waals surface area contributed by atoms with Crippen LogP contribution in [0.4, 0.5) is 11.6 Å². The normalized spacial score (nSPS) is 13.3. The first kappa shape index (κ1) is 20.8. The molecule has 0 fully saturated rings. The summed E-state index contributed by atoms with van der Waals surface area (Å²) in [7, 11) is 0. The Hall–Kier alpha value is -3.12. The fraction of sp³-hybridized carbons (Fsp3) is 0.308. The van der Waals surface area contributed by atoms with E-state index >= 15 is 0 Å². The molecular weight excluding hydrogens is 418 g/mol. The Balaban J connectivity index is 1.47. The molecule has 32 heavy (non-hydrogen) atoms. The molecule has 6 heteroatoms. The Morgan fingerprint density at radius 1 is 1.09 bits per heavy atom. The number of ether oxygens (including phenoxy) is 1. The molecule has 0 radical (unpaired) electrons. The van der Waals surface area contributed by atoms with Crippen LogP contribution in [0, 0.1) is 0 Å². The Labute approximate surface area is 191 Å². The second-order valence-corrected chi connectivity index (χ2v) is 9.61. The van der Waals surface area contributed by atoms with Crippen molar-refractivity contribution in [1.29, 1.82) is 0 Å². The third-order valence-corrected chi connectivity index (χ3v) is 7.05. The molecule has 2 heterocycles. The van der Waals surface area contributed by atoms with Gasteiger partial charge in [-0.25, -0.2) is 4.98 Å². The monoisotopic (exact) mass is 445 g/mol. The smallest absolute Gasteiger partial charge is 0.264 e. The van der Waals surface area contributed by atoms with Gasteiger partial charge in [-0.05, 0) is 74.9 Å². The summed E-state index contributed by atoms with van der Waals surface area (Å²) in [6, 6.07) is 17.9. The van der Waals surface area contributed by atoms with Gasteiger partial charge in [-0.2, -0.15) is 0 Å². The number of hydrogen-bond donors (Lipinski definition) is 1. The molecule has 4 aromatic rings. The molecule has 5 rings (SSSR count). The van der Waals surface area contributed by atoms with E-state index in [-0.39, 0.29) is 11.6 Å². The number of nitrogens with one attached hydrogen (secondary N) is 1. The van der Waals surface area contributed by atoms with E-state index in [1.54, 1.807) is 15.9 Å². The van der Waals surface area contributed by atoms with E-state index in [9.17, 15) is 4.79 Å². The number of hydrogen-bond acceptors (Lipinski definition) is 5. The first-order valence-electron chi connectivity index (χ1n) is 11.2. The van der Waals surface area contributed by atoms with Gasteiger partial charge >= 0.3 is 0 Å². The molecule has 2 aromatic carbocycles. The van der Waals surface area contributed by atoms with Crippen molar-refractivity contribution >= 4 is 33.2 Å². The van der Waals surface area contributed by atoms with Crippen molar-refractivity contribution in [2.24, 2.45) is 0 Å². The molecule has 0 saturated heterocycles. The van der Waals surface area contributed by atoms with E-state index in [1.165, 1.54) is 16.9 Å². The molecule has 0 saturated carbocycles. The molecule has 164 valence electrons. The van der Waals surface area contributed by atoms with E-state index in [2.05, 4.69) is 5.32 Å². The highest BCUT2D eigenvalue weighted by molar-refractivity contribution is 7.18. The van der Waals surface area contributed by atoms with Gasteiger partial charge in [0.1, 0.15) is 17.2 Å². The zero-order valence-electron chi connectivity index (χ0n) is 18.4. The zero-order chi connectivity index (χ0) is 22.1. The molecule has 1 aliphatic rings. The summed E-state index contributed by atoms with van der Waals surface area (Å²) in [4.78, 5) is 20.6. The van der Waals surface area contributed by atoms with E-state index in [1.807, 2.05) is 68.4 Å². The average molecular weight is 446 g/mol. The Morgan fingerprint density at radius 2 is 1.91 bits per heavy atom. The van der Waals surface area contributed by atoms with Crippen molar-refractivity contribution in [1.82, 2.24) is 9.55 Å². The molecule has 0 unspecified atom stereocenters. The van der Waals surface area contributed by atoms with Crippen molar-refractivity contribution in [3.63, 3.8) is 0 Å². The van der Waals surface area contributed by atoms with Crippen LogP contribution in [0.2, 0.25) is 0 Å². The maximum Gasteiger partial charge on any atom is 0.264 e. The molecular formula is C26H27N3O2S. The number of rotatable bonds is 6. The van der Waals surface area contributed by atoms with Crippen molar-refractivity contribution in [3.05, 3.63) is 81.0 Å². The van der Waals surface area contributed by atoms with Crippen LogP contribution < -0.4 is 15.6 Å².